The zero-order chi connectivity index (χ0) is 12.0. The molecule has 0 aromatic carbocycles. The van der Waals surface area contributed by atoms with Crippen molar-refractivity contribution in [3.05, 3.63) is 12.3 Å². The summed E-state index contributed by atoms with van der Waals surface area (Å²) in [6.45, 7) is 18.3. The molecular formula is C14H27N. The molecule has 15 heavy (non-hydrogen) atoms. The molecule has 1 heteroatoms. The van der Waals surface area contributed by atoms with Crippen LogP contribution in [0, 0.1) is 16.7 Å². The molecule has 0 radical (unpaired) electrons. The van der Waals surface area contributed by atoms with E-state index in [1.165, 1.54) is 5.70 Å². The number of likely N-dealkylation sites (tertiary alicyclic amines) is 1. The number of nitrogens with zero attached hydrogens (tertiary/aromatic N) is 1. The van der Waals surface area contributed by atoms with Crippen LogP contribution in [-0.2, 0) is 0 Å². The summed E-state index contributed by atoms with van der Waals surface area (Å²) in [6.07, 6.45) is 1.15. The second-order valence-corrected chi connectivity index (χ2v) is 7.16. The molecule has 1 heterocycles. The average molecular weight is 209 g/mol. The molecule has 0 saturated carbocycles. The van der Waals surface area contributed by atoms with Crippen molar-refractivity contribution in [1.82, 2.24) is 4.90 Å². The quantitative estimate of drug-likeness (QED) is 0.584. The Labute approximate surface area is 95.5 Å². The predicted octanol–water partition coefficient (Wildman–Crippen LogP) is 3.91. The van der Waals surface area contributed by atoms with E-state index in [0.717, 1.165) is 12.3 Å². The smallest absolute Gasteiger partial charge is 0.0368 e. The number of rotatable bonds is 0. The van der Waals surface area contributed by atoms with Crippen LogP contribution in [0.4, 0.5) is 0 Å². The summed E-state index contributed by atoms with van der Waals surface area (Å²) in [6, 6.07) is 0.616. The van der Waals surface area contributed by atoms with Crippen molar-refractivity contribution in [1.29, 1.82) is 0 Å². The van der Waals surface area contributed by atoms with Crippen LogP contribution in [0.3, 0.4) is 0 Å². The summed E-state index contributed by atoms with van der Waals surface area (Å²) in [5.74, 6) is 0.718. The number of hydrogen-bond donors (Lipinski definition) is 0. The Morgan fingerprint density at radius 3 is 1.80 bits per heavy atom. The summed E-state index contributed by atoms with van der Waals surface area (Å²) >= 11 is 0. The van der Waals surface area contributed by atoms with Gasteiger partial charge >= 0.3 is 0 Å². The van der Waals surface area contributed by atoms with Gasteiger partial charge in [0.2, 0.25) is 0 Å². The highest BCUT2D eigenvalue weighted by molar-refractivity contribution is 5.12. The second kappa shape index (κ2) is 3.54. The SMILES string of the molecule is C=C1CC(C(C)(C)C)C(C(C)(C)C)N1C. The minimum absolute atomic E-state index is 0.326. The number of allylic oxidation sites excluding steroid dienone is 1. The van der Waals surface area contributed by atoms with Gasteiger partial charge in [0.1, 0.15) is 0 Å². The van der Waals surface area contributed by atoms with Crippen molar-refractivity contribution >= 4 is 0 Å². The number of hydrogen-bond acceptors (Lipinski definition) is 1. The van der Waals surface area contributed by atoms with Gasteiger partial charge in [-0.05, 0) is 23.2 Å². The third-order valence-corrected chi connectivity index (χ3v) is 3.75. The van der Waals surface area contributed by atoms with Crippen LogP contribution in [0.25, 0.3) is 0 Å². The first kappa shape index (κ1) is 12.6. The molecule has 1 fully saturated rings. The lowest BCUT2D eigenvalue weighted by atomic mass is 9.69. The lowest BCUT2D eigenvalue weighted by molar-refractivity contribution is 0.0854. The fourth-order valence-electron chi connectivity index (χ4n) is 2.94. The largest absolute Gasteiger partial charge is 0.375 e. The van der Waals surface area contributed by atoms with Crippen LogP contribution >= 0.6 is 0 Å². The molecule has 0 N–H and O–H groups in total. The molecule has 0 aliphatic carbocycles. The normalized spacial score (nSPS) is 28.7. The monoisotopic (exact) mass is 209 g/mol. The average Bonchev–Trinajstić information content (AvgIpc) is 2.25. The lowest BCUT2D eigenvalue weighted by Crippen LogP contribution is -2.44. The Kier molecular flexibility index (Phi) is 2.97. The molecule has 2 atom stereocenters. The van der Waals surface area contributed by atoms with Crippen LogP contribution in [0.2, 0.25) is 0 Å². The van der Waals surface area contributed by atoms with Gasteiger partial charge in [-0.1, -0.05) is 48.1 Å². The molecule has 0 amide bonds. The van der Waals surface area contributed by atoms with Gasteiger partial charge in [-0.3, -0.25) is 0 Å². The maximum absolute atomic E-state index is 4.19. The second-order valence-electron chi connectivity index (χ2n) is 7.16. The molecule has 1 saturated heterocycles. The molecule has 2 unspecified atom stereocenters. The van der Waals surface area contributed by atoms with Crippen molar-refractivity contribution < 1.29 is 0 Å². The van der Waals surface area contributed by atoms with Crippen LogP contribution in [0.15, 0.2) is 12.3 Å². The van der Waals surface area contributed by atoms with E-state index in [-0.39, 0.29) is 0 Å². The van der Waals surface area contributed by atoms with Crippen molar-refractivity contribution in [3.63, 3.8) is 0 Å². The summed E-state index contributed by atoms with van der Waals surface area (Å²) in [4.78, 5) is 2.40. The zero-order valence-corrected chi connectivity index (χ0v) is 11.5. The van der Waals surface area contributed by atoms with Crippen LogP contribution in [0.5, 0.6) is 0 Å². The summed E-state index contributed by atoms with van der Waals surface area (Å²) in [7, 11) is 2.20. The van der Waals surface area contributed by atoms with E-state index in [0.29, 0.717) is 16.9 Å². The maximum Gasteiger partial charge on any atom is 0.0368 e. The molecule has 88 valence electrons. The van der Waals surface area contributed by atoms with Gasteiger partial charge in [0, 0.05) is 18.8 Å². The predicted molar refractivity (Wildman–Crippen MR) is 67.7 cm³/mol. The Morgan fingerprint density at radius 2 is 1.53 bits per heavy atom. The highest BCUT2D eigenvalue weighted by Gasteiger charge is 2.46. The highest BCUT2D eigenvalue weighted by Crippen LogP contribution is 2.47. The third kappa shape index (κ3) is 2.38. The topological polar surface area (TPSA) is 3.24 Å². The standard InChI is InChI=1S/C14H27N/c1-10-9-11(13(2,3)4)12(15(10)8)14(5,6)7/h11-12H,1,9H2,2-8H3. The molecule has 0 bridgehead atoms. The van der Waals surface area contributed by atoms with Crippen molar-refractivity contribution in [2.45, 2.75) is 54.0 Å². The molecule has 1 rings (SSSR count). The molecule has 1 aliphatic heterocycles. The van der Waals surface area contributed by atoms with E-state index in [9.17, 15) is 0 Å². The Hall–Kier alpha value is -0.460. The fraction of sp³-hybridized carbons (Fsp3) is 0.857. The zero-order valence-electron chi connectivity index (χ0n) is 11.5. The molecular weight excluding hydrogens is 182 g/mol. The highest BCUT2D eigenvalue weighted by atomic mass is 15.2. The molecule has 0 aromatic heterocycles. The van der Waals surface area contributed by atoms with E-state index < -0.39 is 0 Å². The fourth-order valence-corrected chi connectivity index (χ4v) is 2.94. The lowest BCUT2D eigenvalue weighted by Gasteiger charge is -2.42. The van der Waals surface area contributed by atoms with Crippen molar-refractivity contribution in [3.8, 4) is 0 Å². The van der Waals surface area contributed by atoms with Gasteiger partial charge < -0.3 is 4.90 Å². The van der Waals surface area contributed by atoms with E-state index in [4.69, 9.17) is 0 Å². The van der Waals surface area contributed by atoms with Gasteiger partial charge in [0.15, 0.2) is 0 Å². The maximum atomic E-state index is 4.19. The van der Waals surface area contributed by atoms with Gasteiger partial charge in [-0.25, -0.2) is 0 Å². The molecule has 1 aliphatic rings. The van der Waals surface area contributed by atoms with Crippen LogP contribution in [-0.4, -0.2) is 18.0 Å². The first-order valence-electron chi connectivity index (χ1n) is 5.96. The van der Waals surface area contributed by atoms with Gasteiger partial charge in [-0.15, -0.1) is 0 Å². The summed E-state index contributed by atoms with van der Waals surface area (Å²) < 4.78 is 0. The minimum Gasteiger partial charge on any atom is -0.375 e. The Balaban J connectivity index is 3.03. The van der Waals surface area contributed by atoms with Crippen LogP contribution < -0.4 is 0 Å². The molecule has 1 nitrogen and oxygen atoms in total. The van der Waals surface area contributed by atoms with Gasteiger partial charge in [0.25, 0.3) is 0 Å². The van der Waals surface area contributed by atoms with Crippen LogP contribution in [0.1, 0.15) is 48.0 Å². The summed E-state index contributed by atoms with van der Waals surface area (Å²) in [5.41, 5.74) is 1.99. The van der Waals surface area contributed by atoms with Gasteiger partial charge in [-0.2, -0.15) is 0 Å². The molecule has 0 aromatic rings. The first-order valence-corrected chi connectivity index (χ1v) is 5.96. The summed E-state index contributed by atoms with van der Waals surface area (Å²) in [5, 5.41) is 0. The van der Waals surface area contributed by atoms with E-state index in [2.05, 4.69) is 60.1 Å². The Morgan fingerprint density at radius 1 is 1.07 bits per heavy atom. The first-order chi connectivity index (χ1) is 6.55. The third-order valence-electron chi connectivity index (χ3n) is 3.75. The van der Waals surface area contributed by atoms with Crippen molar-refractivity contribution in [2.75, 3.05) is 7.05 Å². The minimum atomic E-state index is 0.326. The van der Waals surface area contributed by atoms with E-state index in [1.807, 2.05) is 0 Å². The van der Waals surface area contributed by atoms with E-state index in [1.54, 1.807) is 0 Å². The van der Waals surface area contributed by atoms with Gasteiger partial charge in [0.05, 0.1) is 0 Å². The van der Waals surface area contributed by atoms with E-state index >= 15 is 0 Å². The van der Waals surface area contributed by atoms with Crippen molar-refractivity contribution in [2.24, 2.45) is 16.7 Å². The Bertz CT molecular complexity index is 251. The molecule has 0 spiro atoms.